The molecule has 1 N–H and O–H groups in total. The molecule has 0 saturated heterocycles. The lowest BCUT2D eigenvalue weighted by Gasteiger charge is -2.22. The molecule has 6 heteroatoms. The average molecular weight is 477 g/mol. The number of rotatable bonds is 7. The second-order valence-electron chi connectivity index (χ2n) is 7.84. The Morgan fingerprint density at radius 3 is 2.45 bits per heavy atom. The van der Waals surface area contributed by atoms with Crippen LogP contribution in [0.5, 0.6) is 5.75 Å². The van der Waals surface area contributed by atoms with Crippen molar-refractivity contribution < 1.29 is 8.92 Å². The second-order valence-corrected chi connectivity index (χ2v) is 10.8. The van der Waals surface area contributed by atoms with E-state index in [0.29, 0.717) is 23.2 Å². The van der Waals surface area contributed by atoms with Gasteiger partial charge in [0.25, 0.3) is 0 Å². The van der Waals surface area contributed by atoms with E-state index in [4.69, 9.17) is 8.92 Å². The van der Waals surface area contributed by atoms with Gasteiger partial charge in [-0.2, -0.15) is 4.18 Å². The number of fused-ring (bicyclic) bond motifs is 1. The summed E-state index contributed by atoms with van der Waals surface area (Å²) in [5, 5.41) is 1.60. The van der Waals surface area contributed by atoms with Crippen LogP contribution in [-0.4, -0.2) is 21.3 Å². The Hall–Kier alpha value is -1.76. The highest BCUT2D eigenvalue weighted by Gasteiger charge is 2.35. The molecular weight excluding hydrogens is 450 g/mol. The Morgan fingerprint density at radius 1 is 1.07 bits per heavy atom. The van der Waals surface area contributed by atoms with Crippen molar-refractivity contribution >= 4 is 38.0 Å². The quantitative estimate of drug-likeness (QED) is 0.360. The smallest absolute Gasteiger partial charge is 0.248 e. The summed E-state index contributed by atoms with van der Waals surface area (Å²) in [5.74, 6) is 0.657. The molecule has 0 saturated carbocycles. The first kappa shape index (κ1) is 21.9. The standard InChI is InChI=1S/C23H26BrNO3S/c1-23(2,3)29(4)28-20(14-24)17-10-12-19(22-18(17)11-13-21(26)25-22)27-15-16-8-6-5-7-9-16/h5-13,20H,14-15H2,1-4H3/p+1/t20-,29?/m0/s1. The minimum Gasteiger partial charge on any atom is -0.487 e. The van der Waals surface area contributed by atoms with Gasteiger partial charge in [0.15, 0.2) is 4.75 Å². The van der Waals surface area contributed by atoms with E-state index in [1.165, 1.54) is 0 Å². The Kier molecular flexibility index (Phi) is 7.09. The molecule has 0 spiro atoms. The van der Waals surface area contributed by atoms with Crippen LogP contribution in [0.15, 0.2) is 59.4 Å². The van der Waals surface area contributed by atoms with Crippen molar-refractivity contribution in [2.24, 2.45) is 0 Å². The van der Waals surface area contributed by atoms with E-state index >= 15 is 0 Å². The van der Waals surface area contributed by atoms with Crippen LogP contribution in [0.25, 0.3) is 10.9 Å². The van der Waals surface area contributed by atoms with E-state index < -0.39 is 0 Å². The molecule has 4 nitrogen and oxygen atoms in total. The van der Waals surface area contributed by atoms with Crippen LogP contribution in [0.1, 0.15) is 38.0 Å². The molecule has 0 aliphatic carbocycles. The van der Waals surface area contributed by atoms with Crippen molar-refractivity contribution in [1.82, 2.24) is 4.98 Å². The van der Waals surface area contributed by atoms with Gasteiger partial charge in [-0.05, 0) is 44.0 Å². The molecule has 2 atom stereocenters. The highest BCUT2D eigenvalue weighted by Crippen LogP contribution is 2.35. The zero-order chi connectivity index (χ0) is 21.0. The molecule has 0 aliphatic heterocycles. The molecule has 2 aromatic carbocycles. The van der Waals surface area contributed by atoms with E-state index in [1.807, 2.05) is 48.5 Å². The van der Waals surface area contributed by atoms with Gasteiger partial charge < -0.3 is 9.72 Å². The van der Waals surface area contributed by atoms with Gasteiger partial charge in [0, 0.05) is 16.8 Å². The van der Waals surface area contributed by atoms with E-state index in [1.54, 1.807) is 6.07 Å². The number of hydrogen-bond donors (Lipinski definition) is 1. The van der Waals surface area contributed by atoms with Crippen LogP contribution in [0.4, 0.5) is 0 Å². The third-order valence-corrected chi connectivity index (χ3v) is 7.57. The summed E-state index contributed by atoms with van der Waals surface area (Å²) in [6.07, 6.45) is 2.00. The maximum atomic E-state index is 12.0. The summed E-state index contributed by atoms with van der Waals surface area (Å²) in [7, 11) is 0. The van der Waals surface area contributed by atoms with Crippen molar-refractivity contribution in [3.05, 3.63) is 76.1 Å². The first-order chi connectivity index (χ1) is 13.8. The van der Waals surface area contributed by atoms with Crippen LogP contribution in [0.3, 0.4) is 0 Å². The topological polar surface area (TPSA) is 51.3 Å². The number of aromatic nitrogens is 1. The Bertz CT molecular complexity index is 1010. The molecular formula is C23H27BrNO3S+. The maximum absolute atomic E-state index is 12.0. The van der Waals surface area contributed by atoms with E-state index in [9.17, 15) is 4.79 Å². The molecule has 3 rings (SSSR count). The summed E-state index contributed by atoms with van der Waals surface area (Å²) in [6.45, 7) is 6.97. The predicted octanol–water partition coefficient (Wildman–Crippen LogP) is 5.52. The first-order valence-electron chi connectivity index (χ1n) is 9.51. The average Bonchev–Trinajstić information content (AvgIpc) is 2.70. The molecule has 0 radical (unpaired) electrons. The van der Waals surface area contributed by atoms with Crippen molar-refractivity contribution in [2.45, 2.75) is 38.2 Å². The van der Waals surface area contributed by atoms with Crippen molar-refractivity contribution in [3.63, 3.8) is 0 Å². The largest absolute Gasteiger partial charge is 0.487 e. The van der Waals surface area contributed by atoms with Gasteiger partial charge >= 0.3 is 0 Å². The van der Waals surface area contributed by atoms with Gasteiger partial charge in [0.1, 0.15) is 35.9 Å². The first-order valence-corrected chi connectivity index (χ1v) is 12.2. The number of aromatic amines is 1. The summed E-state index contributed by atoms with van der Waals surface area (Å²) >= 11 is 3.37. The van der Waals surface area contributed by atoms with E-state index in [-0.39, 0.29) is 27.6 Å². The number of benzene rings is 2. The van der Waals surface area contributed by atoms with Crippen LogP contribution in [0.2, 0.25) is 0 Å². The molecule has 1 aromatic heterocycles. The molecule has 1 unspecified atom stereocenters. The normalized spacial score (nSPS) is 14.0. The predicted molar refractivity (Wildman–Crippen MR) is 126 cm³/mol. The fourth-order valence-corrected chi connectivity index (χ4v) is 4.33. The molecule has 29 heavy (non-hydrogen) atoms. The van der Waals surface area contributed by atoms with E-state index in [2.05, 4.69) is 47.9 Å². The fourth-order valence-electron chi connectivity index (χ4n) is 2.86. The highest BCUT2D eigenvalue weighted by atomic mass is 79.9. The Morgan fingerprint density at radius 2 is 1.79 bits per heavy atom. The minimum atomic E-state index is -0.232. The lowest BCUT2D eigenvalue weighted by molar-refractivity contribution is 0.265. The number of halogens is 1. The third-order valence-electron chi connectivity index (χ3n) is 4.74. The molecule has 0 aliphatic rings. The van der Waals surface area contributed by atoms with Crippen LogP contribution in [-0.2, 0) is 22.0 Å². The summed E-state index contributed by atoms with van der Waals surface area (Å²) in [6, 6.07) is 17.3. The van der Waals surface area contributed by atoms with Gasteiger partial charge in [-0.15, -0.1) is 0 Å². The van der Waals surface area contributed by atoms with Gasteiger partial charge in [-0.1, -0.05) is 52.3 Å². The lowest BCUT2D eigenvalue weighted by Crippen LogP contribution is -2.30. The Labute approximate surface area is 183 Å². The SMILES string of the molecule is C[S+](O[C@@H](CBr)c1ccc(OCc2ccccc2)c2[nH]c(=O)ccc12)C(C)(C)C. The summed E-state index contributed by atoms with van der Waals surface area (Å²) in [4.78, 5) is 15.0. The number of H-pyrrole nitrogens is 1. The highest BCUT2D eigenvalue weighted by molar-refractivity contribution is 9.09. The third kappa shape index (κ3) is 5.44. The number of hydrogen-bond acceptors (Lipinski definition) is 3. The maximum Gasteiger partial charge on any atom is 0.248 e. The number of ether oxygens (including phenoxy) is 1. The van der Waals surface area contributed by atoms with Crippen LogP contribution in [0, 0.1) is 0 Å². The van der Waals surface area contributed by atoms with E-state index in [0.717, 1.165) is 16.5 Å². The number of nitrogens with one attached hydrogen (secondary N) is 1. The summed E-state index contributed by atoms with van der Waals surface area (Å²) < 4.78 is 12.5. The van der Waals surface area contributed by atoms with Gasteiger partial charge in [0.2, 0.25) is 5.56 Å². The fraction of sp³-hybridized carbons (Fsp3) is 0.348. The molecule has 3 aromatic rings. The van der Waals surface area contributed by atoms with Crippen LogP contribution >= 0.6 is 15.9 Å². The lowest BCUT2D eigenvalue weighted by atomic mass is 10.0. The van der Waals surface area contributed by atoms with Crippen LogP contribution < -0.4 is 10.3 Å². The molecule has 1 heterocycles. The van der Waals surface area contributed by atoms with Crippen molar-refractivity contribution in [3.8, 4) is 5.75 Å². The molecule has 0 amide bonds. The zero-order valence-electron chi connectivity index (χ0n) is 17.2. The van der Waals surface area contributed by atoms with Gasteiger partial charge in [0.05, 0.1) is 5.52 Å². The van der Waals surface area contributed by atoms with Gasteiger partial charge in [-0.25, -0.2) is 0 Å². The number of pyridine rings is 1. The number of alkyl halides is 1. The monoisotopic (exact) mass is 476 g/mol. The van der Waals surface area contributed by atoms with Crippen molar-refractivity contribution in [2.75, 3.05) is 11.6 Å². The summed E-state index contributed by atoms with van der Waals surface area (Å²) in [5.41, 5.74) is 2.65. The molecule has 0 bridgehead atoms. The van der Waals surface area contributed by atoms with Gasteiger partial charge in [-0.3, -0.25) is 4.79 Å². The molecule has 0 fully saturated rings. The molecule has 154 valence electrons. The van der Waals surface area contributed by atoms with Crippen molar-refractivity contribution in [1.29, 1.82) is 0 Å². The minimum absolute atomic E-state index is 0.0588. The second kappa shape index (κ2) is 9.37. The Balaban J connectivity index is 1.96. The zero-order valence-corrected chi connectivity index (χ0v) is 19.6.